The van der Waals surface area contributed by atoms with Crippen LogP contribution in [-0.2, 0) is 0 Å². The van der Waals surface area contributed by atoms with Gasteiger partial charge in [-0.25, -0.2) is 0 Å². The largest absolute Gasteiger partial charge is 0.330 e. The number of nitrogens with two attached hydrogens (primary N) is 3. The monoisotopic (exact) mass is 679 g/mol. The van der Waals surface area contributed by atoms with Gasteiger partial charge in [-0.05, 0) is 77.7 Å². The quantitative estimate of drug-likeness (QED) is 0.0561. The molecule has 0 rings (SSSR count). The average Bonchev–Trinajstić information content (AvgIpc) is 3.10. The van der Waals surface area contributed by atoms with Crippen LogP contribution in [0.5, 0.6) is 0 Å². The minimum absolute atomic E-state index is 0.803. The van der Waals surface area contributed by atoms with Gasteiger partial charge in [0.25, 0.3) is 0 Å². The Hall–Kier alpha value is -0.160. The normalized spacial score (nSPS) is 12.4. The molecule has 0 radical (unpaired) electrons. The van der Waals surface area contributed by atoms with Crippen molar-refractivity contribution in [3.8, 4) is 0 Å². The molecule has 0 aliphatic carbocycles. The molecule has 0 fully saturated rings. The molecule has 290 valence electrons. The minimum Gasteiger partial charge on any atom is -0.330 e. The summed E-state index contributed by atoms with van der Waals surface area (Å²) < 4.78 is 0. The number of unbranched alkanes of at least 4 members (excludes halogenated alkanes) is 31. The van der Waals surface area contributed by atoms with Gasteiger partial charge in [-0.1, -0.05) is 200 Å². The van der Waals surface area contributed by atoms with Crippen molar-refractivity contribution >= 4 is 0 Å². The lowest BCUT2D eigenvalue weighted by molar-refractivity contribution is 0.163. The predicted octanol–water partition coefficient (Wildman–Crippen LogP) is 13.0. The summed E-state index contributed by atoms with van der Waals surface area (Å²) >= 11 is 0. The van der Waals surface area contributed by atoms with E-state index >= 15 is 0 Å². The van der Waals surface area contributed by atoms with Gasteiger partial charge in [0.1, 0.15) is 0 Å². The SMILES string of the molecule is CCCCCCCCCCCCCCCC(CCCCCCN)N(CCCCCCCCN)CCCCCCCCCCCCCCN. The molecule has 0 saturated carbocycles. The maximum Gasteiger partial charge on any atom is 0.00952 e. The molecule has 0 aromatic carbocycles. The van der Waals surface area contributed by atoms with Crippen molar-refractivity contribution < 1.29 is 0 Å². The van der Waals surface area contributed by atoms with Crippen LogP contribution in [0.15, 0.2) is 0 Å². The van der Waals surface area contributed by atoms with Gasteiger partial charge in [0.2, 0.25) is 0 Å². The fourth-order valence-corrected chi connectivity index (χ4v) is 7.66. The molecule has 0 saturated heterocycles. The van der Waals surface area contributed by atoms with E-state index in [1.807, 2.05) is 0 Å². The van der Waals surface area contributed by atoms with E-state index in [4.69, 9.17) is 17.2 Å². The van der Waals surface area contributed by atoms with Gasteiger partial charge in [-0.3, -0.25) is 0 Å². The van der Waals surface area contributed by atoms with Crippen molar-refractivity contribution in [2.75, 3.05) is 32.7 Å². The van der Waals surface area contributed by atoms with Crippen LogP contribution < -0.4 is 17.2 Å². The molecule has 4 nitrogen and oxygen atoms in total. The predicted molar refractivity (Wildman–Crippen MR) is 219 cm³/mol. The van der Waals surface area contributed by atoms with E-state index in [0.717, 1.165) is 25.7 Å². The second-order valence-corrected chi connectivity index (χ2v) is 15.7. The van der Waals surface area contributed by atoms with E-state index in [-0.39, 0.29) is 0 Å². The molecule has 0 amide bonds. The summed E-state index contributed by atoms with van der Waals surface area (Å²) in [7, 11) is 0. The molecule has 48 heavy (non-hydrogen) atoms. The van der Waals surface area contributed by atoms with Gasteiger partial charge in [0, 0.05) is 6.04 Å². The van der Waals surface area contributed by atoms with Crippen molar-refractivity contribution in [3.05, 3.63) is 0 Å². The van der Waals surface area contributed by atoms with E-state index < -0.39 is 0 Å². The van der Waals surface area contributed by atoms with Crippen LogP contribution in [0.25, 0.3) is 0 Å². The Balaban J connectivity index is 4.55. The average molecular weight is 679 g/mol. The zero-order chi connectivity index (χ0) is 34.9. The van der Waals surface area contributed by atoms with Crippen LogP contribution in [0, 0.1) is 0 Å². The Bertz CT molecular complexity index is 556. The van der Waals surface area contributed by atoms with Crippen molar-refractivity contribution in [1.82, 2.24) is 4.90 Å². The molecule has 0 aliphatic heterocycles. The first-order valence-corrected chi connectivity index (χ1v) is 22.6. The number of hydrogen-bond donors (Lipinski definition) is 3. The first-order valence-electron chi connectivity index (χ1n) is 22.6. The molecule has 1 unspecified atom stereocenters. The van der Waals surface area contributed by atoms with Gasteiger partial charge < -0.3 is 22.1 Å². The summed E-state index contributed by atoms with van der Waals surface area (Å²) in [5.74, 6) is 0. The number of nitrogens with zero attached hydrogens (tertiary/aromatic N) is 1. The second kappa shape index (κ2) is 43.0. The molecule has 0 bridgehead atoms. The Labute approximate surface area is 304 Å². The molecule has 0 heterocycles. The smallest absolute Gasteiger partial charge is 0.00952 e. The Morgan fingerprint density at radius 3 is 0.792 bits per heavy atom. The highest BCUT2D eigenvalue weighted by atomic mass is 15.1. The van der Waals surface area contributed by atoms with E-state index in [2.05, 4.69) is 11.8 Å². The molecule has 4 heteroatoms. The standard InChI is InChI=1S/C44H94N4/c1-2-3-4-5-6-7-8-9-12-15-18-23-30-37-44(38-31-24-27-34-41-47)48(43-36-29-22-20-26-33-40-46)42-35-28-21-17-14-11-10-13-16-19-25-32-39-45/h44H,2-43,45-47H2,1H3. The minimum atomic E-state index is 0.803. The van der Waals surface area contributed by atoms with Gasteiger partial charge in [-0.15, -0.1) is 0 Å². The van der Waals surface area contributed by atoms with Crippen molar-refractivity contribution in [2.45, 2.75) is 251 Å². The summed E-state index contributed by atoms with van der Waals surface area (Å²) in [6.45, 7) is 7.55. The van der Waals surface area contributed by atoms with Crippen molar-refractivity contribution in [2.24, 2.45) is 17.2 Å². The Morgan fingerprint density at radius 2 is 0.521 bits per heavy atom. The lowest BCUT2D eigenvalue weighted by atomic mass is 9.97. The fraction of sp³-hybridized carbons (Fsp3) is 1.00. The lowest BCUT2D eigenvalue weighted by Crippen LogP contribution is -2.37. The molecule has 0 aromatic heterocycles. The third kappa shape index (κ3) is 37.1. The molecule has 0 spiro atoms. The Morgan fingerprint density at radius 1 is 0.292 bits per heavy atom. The van der Waals surface area contributed by atoms with Crippen molar-refractivity contribution in [3.63, 3.8) is 0 Å². The molecule has 0 aromatic rings. The number of hydrogen-bond acceptors (Lipinski definition) is 4. The first kappa shape index (κ1) is 47.8. The summed E-state index contributed by atoms with van der Waals surface area (Å²) in [5.41, 5.74) is 17.2. The van der Waals surface area contributed by atoms with Gasteiger partial charge in [-0.2, -0.15) is 0 Å². The van der Waals surface area contributed by atoms with Crippen LogP contribution in [0.4, 0.5) is 0 Å². The second-order valence-electron chi connectivity index (χ2n) is 15.7. The van der Waals surface area contributed by atoms with E-state index in [9.17, 15) is 0 Å². The highest BCUT2D eigenvalue weighted by Gasteiger charge is 2.17. The van der Waals surface area contributed by atoms with Gasteiger partial charge >= 0.3 is 0 Å². The molecule has 0 aliphatic rings. The van der Waals surface area contributed by atoms with E-state index in [0.29, 0.717) is 0 Å². The van der Waals surface area contributed by atoms with Crippen LogP contribution in [0.1, 0.15) is 244 Å². The highest BCUT2D eigenvalue weighted by molar-refractivity contribution is 4.73. The molecule has 1 atom stereocenters. The third-order valence-electron chi connectivity index (χ3n) is 10.9. The molecule has 6 N–H and O–H groups in total. The topological polar surface area (TPSA) is 81.3 Å². The van der Waals surface area contributed by atoms with Crippen molar-refractivity contribution in [1.29, 1.82) is 0 Å². The zero-order valence-electron chi connectivity index (χ0n) is 33.5. The zero-order valence-corrected chi connectivity index (χ0v) is 33.5. The summed E-state index contributed by atoms with van der Waals surface area (Å²) in [6, 6.07) is 0.803. The van der Waals surface area contributed by atoms with Crippen LogP contribution >= 0.6 is 0 Å². The molecular weight excluding hydrogens is 585 g/mol. The fourth-order valence-electron chi connectivity index (χ4n) is 7.66. The summed E-state index contributed by atoms with van der Waals surface area (Å²) in [4.78, 5) is 2.98. The van der Waals surface area contributed by atoms with Crippen LogP contribution in [0.2, 0.25) is 0 Å². The number of rotatable bonds is 43. The Kier molecular flexibility index (Phi) is 42.9. The summed E-state index contributed by atoms with van der Waals surface area (Å²) in [6.07, 6.45) is 51.8. The van der Waals surface area contributed by atoms with E-state index in [1.165, 1.54) is 251 Å². The maximum absolute atomic E-state index is 5.81. The van der Waals surface area contributed by atoms with Crippen LogP contribution in [-0.4, -0.2) is 43.7 Å². The van der Waals surface area contributed by atoms with Gasteiger partial charge in [0.15, 0.2) is 0 Å². The van der Waals surface area contributed by atoms with Gasteiger partial charge in [0.05, 0.1) is 0 Å². The van der Waals surface area contributed by atoms with Crippen LogP contribution in [0.3, 0.4) is 0 Å². The highest BCUT2D eigenvalue weighted by Crippen LogP contribution is 2.21. The first-order chi connectivity index (χ1) is 23.8. The third-order valence-corrected chi connectivity index (χ3v) is 10.9. The molecular formula is C44H94N4. The van der Waals surface area contributed by atoms with E-state index in [1.54, 1.807) is 0 Å². The summed E-state index contributed by atoms with van der Waals surface area (Å²) in [5, 5.41) is 0. The maximum atomic E-state index is 5.81. The lowest BCUT2D eigenvalue weighted by Gasteiger charge is -2.32.